The van der Waals surface area contributed by atoms with E-state index in [1.54, 1.807) is 36.4 Å². The fourth-order valence-corrected chi connectivity index (χ4v) is 3.34. The van der Waals surface area contributed by atoms with Crippen LogP contribution in [0.2, 0.25) is 10.0 Å². The summed E-state index contributed by atoms with van der Waals surface area (Å²) in [5.74, 6) is -0.0469. The molecule has 0 aliphatic heterocycles. The molecule has 3 aromatic carbocycles. The molecule has 4 aromatic rings. The molecule has 0 saturated heterocycles. The van der Waals surface area contributed by atoms with Gasteiger partial charge < -0.3 is 10.1 Å². The Morgan fingerprint density at radius 2 is 1.81 bits per heavy atom. The number of methoxy groups -OCH3 is 1. The van der Waals surface area contributed by atoms with Gasteiger partial charge in [0.15, 0.2) is 0 Å². The maximum absolute atomic E-state index is 12.6. The molecule has 0 aliphatic carbocycles. The second-order valence-electron chi connectivity index (χ2n) is 6.39. The first kappa shape index (κ1) is 20.6. The van der Waals surface area contributed by atoms with Crippen molar-refractivity contribution in [2.45, 2.75) is 0 Å². The molecule has 0 saturated carbocycles. The first-order valence-corrected chi connectivity index (χ1v) is 9.57. The Morgan fingerprint density at radius 3 is 2.52 bits per heavy atom. The van der Waals surface area contributed by atoms with E-state index in [1.165, 1.54) is 24.0 Å². The molecule has 11 heteroatoms. The number of nitro benzene ring substituents is 1. The summed E-state index contributed by atoms with van der Waals surface area (Å²) in [4.78, 5) is 24.4. The quantitative estimate of drug-likeness (QED) is 0.337. The van der Waals surface area contributed by atoms with Crippen LogP contribution in [0.3, 0.4) is 0 Å². The number of aromatic nitrogens is 3. The van der Waals surface area contributed by atoms with Gasteiger partial charge in [0.1, 0.15) is 16.8 Å². The summed E-state index contributed by atoms with van der Waals surface area (Å²) in [6.45, 7) is 0. The number of rotatable bonds is 5. The summed E-state index contributed by atoms with van der Waals surface area (Å²) in [6, 6.07) is 13.8. The molecule has 0 bridgehead atoms. The summed E-state index contributed by atoms with van der Waals surface area (Å²) in [7, 11) is 1.53. The number of nitrogens with zero attached hydrogens (tertiary/aromatic N) is 4. The van der Waals surface area contributed by atoms with Crippen LogP contribution in [-0.4, -0.2) is 32.9 Å². The van der Waals surface area contributed by atoms with Crippen LogP contribution in [0.5, 0.6) is 5.75 Å². The summed E-state index contributed by atoms with van der Waals surface area (Å²) in [6.07, 6.45) is 0. The van der Waals surface area contributed by atoms with Gasteiger partial charge in [-0.25, -0.2) is 0 Å². The molecule has 9 nitrogen and oxygen atoms in total. The Labute approximate surface area is 185 Å². The van der Waals surface area contributed by atoms with E-state index >= 15 is 0 Å². The number of halogens is 2. The third kappa shape index (κ3) is 4.14. The second kappa shape index (κ2) is 8.21. The normalized spacial score (nSPS) is 10.8. The number of non-ortho nitro benzene ring substituents is 1. The molecule has 0 fully saturated rings. The molecular formula is C20H13Cl2N5O4. The second-order valence-corrected chi connectivity index (χ2v) is 7.20. The van der Waals surface area contributed by atoms with Gasteiger partial charge >= 0.3 is 0 Å². The van der Waals surface area contributed by atoms with Crippen LogP contribution in [0.4, 0.5) is 11.4 Å². The fraction of sp³-hybridized carbons (Fsp3) is 0.0500. The minimum absolute atomic E-state index is 0.00695. The zero-order valence-corrected chi connectivity index (χ0v) is 17.4. The van der Waals surface area contributed by atoms with Gasteiger partial charge in [-0.3, -0.25) is 14.9 Å². The molecule has 0 atom stereocenters. The van der Waals surface area contributed by atoms with Crippen LogP contribution >= 0.6 is 23.2 Å². The lowest BCUT2D eigenvalue weighted by molar-refractivity contribution is -0.384. The number of carbonyl (C=O) groups excluding carboxylic acids is 1. The van der Waals surface area contributed by atoms with Crippen molar-refractivity contribution in [2.24, 2.45) is 0 Å². The predicted octanol–water partition coefficient (Wildman–Crippen LogP) is 4.90. The SMILES string of the molecule is COc1ccc(-n2nc3ccc(NC(=O)c4cc([N+](=O)[O-])ccc4Cl)cc3n2)cc1Cl. The Hall–Kier alpha value is -3.69. The molecule has 1 aromatic heterocycles. The van der Waals surface area contributed by atoms with Crippen molar-refractivity contribution in [3.05, 3.63) is 80.3 Å². The molecule has 31 heavy (non-hydrogen) atoms. The van der Waals surface area contributed by atoms with Gasteiger partial charge in [-0.1, -0.05) is 23.2 Å². The Bertz CT molecular complexity index is 1340. The van der Waals surface area contributed by atoms with Crippen molar-refractivity contribution in [3.63, 3.8) is 0 Å². The molecule has 0 spiro atoms. The summed E-state index contributed by atoms with van der Waals surface area (Å²) >= 11 is 12.2. The van der Waals surface area contributed by atoms with E-state index in [4.69, 9.17) is 27.9 Å². The zero-order valence-electron chi connectivity index (χ0n) is 15.9. The Balaban J connectivity index is 1.62. The van der Waals surface area contributed by atoms with E-state index in [9.17, 15) is 14.9 Å². The zero-order chi connectivity index (χ0) is 22.1. The van der Waals surface area contributed by atoms with Crippen LogP contribution < -0.4 is 10.1 Å². The molecule has 0 radical (unpaired) electrons. The molecule has 0 unspecified atom stereocenters. The summed E-state index contributed by atoms with van der Waals surface area (Å²) in [5, 5.41) is 23.0. The highest BCUT2D eigenvalue weighted by molar-refractivity contribution is 6.34. The smallest absolute Gasteiger partial charge is 0.270 e. The van der Waals surface area contributed by atoms with Gasteiger partial charge in [-0.05, 0) is 42.5 Å². The lowest BCUT2D eigenvalue weighted by Gasteiger charge is -2.06. The standard InChI is InChI=1S/C20H13Cl2N5O4/c1-31-19-7-4-12(10-16(19)22)26-24-17-6-2-11(8-18(17)25-26)23-20(28)14-9-13(27(29)30)3-5-15(14)21/h2-10H,1H3,(H,23,28). The highest BCUT2D eigenvalue weighted by Crippen LogP contribution is 2.27. The monoisotopic (exact) mass is 457 g/mol. The predicted molar refractivity (Wildman–Crippen MR) is 116 cm³/mol. The average Bonchev–Trinajstić information content (AvgIpc) is 3.17. The molecule has 1 N–H and O–H groups in total. The highest BCUT2D eigenvalue weighted by Gasteiger charge is 2.17. The number of amides is 1. The minimum atomic E-state index is -0.594. The van der Waals surface area contributed by atoms with E-state index < -0.39 is 10.8 Å². The van der Waals surface area contributed by atoms with E-state index in [0.29, 0.717) is 33.2 Å². The van der Waals surface area contributed by atoms with Crippen molar-refractivity contribution in [1.29, 1.82) is 0 Å². The van der Waals surface area contributed by atoms with Crippen LogP contribution in [0.15, 0.2) is 54.6 Å². The van der Waals surface area contributed by atoms with Gasteiger partial charge in [0, 0.05) is 17.8 Å². The average molecular weight is 458 g/mol. The van der Waals surface area contributed by atoms with Crippen molar-refractivity contribution in [1.82, 2.24) is 15.0 Å². The maximum atomic E-state index is 12.6. The maximum Gasteiger partial charge on any atom is 0.270 e. The number of hydrogen-bond donors (Lipinski definition) is 1. The van der Waals surface area contributed by atoms with Gasteiger partial charge in [-0.2, -0.15) is 4.80 Å². The number of benzene rings is 3. The number of ether oxygens (including phenoxy) is 1. The molecular weight excluding hydrogens is 445 g/mol. The van der Waals surface area contributed by atoms with Crippen molar-refractivity contribution in [2.75, 3.05) is 12.4 Å². The van der Waals surface area contributed by atoms with Gasteiger partial charge in [0.25, 0.3) is 11.6 Å². The number of anilines is 1. The van der Waals surface area contributed by atoms with Gasteiger partial charge in [-0.15, -0.1) is 10.2 Å². The Kier molecular flexibility index (Phi) is 5.45. The Morgan fingerprint density at radius 1 is 1.03 bits per heavy atom. The lowest BCUT2D eigenvalue weighted by atomic mass is 10.1. The highest BCUT2D eigenvalue weighted by atomic mass is 35.5. The number of nitro groups is 1. The lowest BCUT2D eigenvalue weighted by Crippen LogP contribution is -2.12. The van der Waals surface area contributed by atoms with E-state index in [0.717, 1.165) is 6.07 Å². The minimum Gasteiger partial charge on any atom is -0.495 e. The summed E-state index contributed by atoms with van der Waals surface area (Å²) < 4.78 is 5.14. The van der Waals surface area contributed by atoms with Crippen molar-refractivity contribution in [3.8, 4) is 11.4 Å². The van der Waals surface area contributed by atoms with E-state index in [-0.39, 0.29) is 16.3 Å². The molecule has 1 heterocycles. The van der Waals surface area contributed by atoms with Crippen molar-refractivity contribution >= 4 is 51.5 Å². The summed E-state index contributed by atoms with van der Waals surface area (Å²) in [5.41, 5.74) is 1.95. The number of fused-ring (bicyclic) bond motifs is 1. The van der Waals surface area contributed by atoms with E-state index in [1.807, 2.05) is 0 Å². The first-order valence-electron chi connectivity index (χ1n) is 8.82. The van der Waals surface area contributed by atoms with Crippen LogP contribution in [0.1, 0.15) is 10.4 Å². The molecule has 4 rings (SSSR count). The van der Waals surface area contributed by atoms with Gasteiger partial charge in [0.2, 0.25) is 0 Å². The molecule has 156 valence electrons. The van der Waals surface area contributed by atoms with Crippen molar-refractivity contribution < 1.29 is 14.5 Å². The fourth-order valence-electron chi connectivity index (χ4n) is 2.89. The van der Waals surface area contributed by atoms with Crippen LogP contribution in [-0.2, 0) is 0 Å². The van der Waals surface area contributed by atoms with Gasteiger partial charge in [0.05, 0.1) is 33.3 Å². The van der Waals surface area contributed by atoms with E-state index in [2.05, 4.69) is 15.5 Å². The third-order valence-corrected chi connectivity index (χ3v) is 5.03. The van der Waals surface area contributed by atoms with Crippen LogP contribution in [0, 0.1) is 10.1 Å². The third-order valence-electron chi connectivity index (χ3n) is 4.41. The number of nitrogens with one attached hydrogen (secondary N) is 1. The van der Waals surface area contributed by atoms with Crippen LogP contribution in [0.25, 0.3) is 16.7 Å². The number of carbonyl (C=O) groups is 1. The molecule has 1 amide bonds. The topological polar surface area (TPSA) is 112 Å². The first-order chi connectivity index (χ1) is 14.9. The largest absolute Gasteiger partial charge is 0.495 e. The molecule has 0 aliphatic rings. The number of hydrogen-bond acceptors (Lipinski definition) is 6.